The molecule has 0 aliphatic carbocycles. The Balaban J connectivity index is 2.14. The molecule has 0 unspecified atom stereocenters. The number of sulfonamides is 1. The van der Waals surface area contributed by atoms with Gasteiger partial charge >= 0.3 is 6.18 Å². The number of imidazole rings is 1. The van der Waals surface area contributed by atoms with E-state index in [9.17, 15) is 21.6 Å². The van der Waals surface area contributed by atoms with Crippen molar-refractivity contribution in [3.63, 3.8) is 0 Å². The molecule has 2 aromatic carbocycles. The van der Waals surface area contributed by atoms with Gasteiger partial charge in [-0.2, -0.15) is 13.2 Å². The van der Waals surface area contributed by atoms with Crippen molar-refractivity contribution in [3.05, 3.63) is 60.4 Å². The average molecular weight is 413 g/mol. The van der Waals surface area contributed by atoms with Crippen LogP contribution < -0.4 is 5.14 Å². The Kier molecular flexibility index (Phi) is 5.06. The first-order chi connectivity index (χ1) is 12.6. The lowest BCUT2D eigenvalue weighted by molar-refractivity contribution is -0.140. The Morgan fingerprint density at radius 2 is 1.63 bits per heavy atom. The minimum atomic E-state index is -4.61. The zero-order valence-electron chi connectivity index (χ0n) is 13.9. The van der Waals surface area contributed by atoms with Crippen LogP contribution in [0.15, 0.2) is 64.5 Å². The number of benzene rings is 2. The number of rotatable bonds is 4. The number of aromatic nitrogens is 2. The summed E-state index contributed by atoms with van der Waals surface area (Å²) in [6.07, 6.45) is -1.84. The molecule has 0 atom stereocenters. The Hall–Kier alpha value is -2.30. The number of thioether (sulfide) groups is 1. The van der Waals surface area contributed by atoms with Gasteiger partial charge in [0.1, 0.15) is 5.82 Å². The fraction of sp³-hybridized carbons (Fsp3) is 0.118. The number of hydrogen-bond acceptors (Lipinski definition) is 4. The summed E-state index contributed by atoms with van der Waals surface area (Å²) in [4.78, 5) is 4.58. The second-order valence-corrected chi connectivity index (χ2v) is 8.03. The lowest BCUT2D eigenvalue weighted by Crippen LogP contribution is -2.12. The van der Waals surface area contributed by atoms with Gasteiger partial charge in [0.25, 0.3) is 0 Å². The Bertz CT molecular complexity index is 1060. The molecule has 0 saturated heterocycles. The van der Waals surface area contributed by atoms with E-state index >= 15 is 0 Å². The third-order valence-electron chi connectivity index (χ3n) is 3.79. The molecule has 5 nitrogen and oxygen atoms in total. The number of halogens is 3. The second-order valence-electron chi connectivity index (χ2n) is 5.58. The quantitative estimate of drug-likeness (QED) is 0.658. The fourth-order valence-corrected chi connectivity index (χ4v) is 3.38. The van der Waals surface area contributed by atoms with Crippen LogP contribution in [-0.2, 0) is 16.2 Å². The van der Waals surface area contributed by atoms with Gasteiger partial charge in [0, 0.05) is 22.3 Å². The number of hydrogen-bond donors (Lipinski definition) is 1. The topological polar surface area (TPSA) is 78.0 Å². The van der Waals surface area contributed by atoms with E-state index in [2.05, 4.69) is 4.98 Å². The van der Waals surface area contributed by atoms with Gasteiger partial charge in [-0.1, -0.05) is 12.1 Å². The average Bonchev–Trinajstić information content (AvgIpc) is 3.07. The van der Waals surface area contributed by atoms with E-state index in [0.717, 1.165) is 11.1 Å². The maximum Gasteiger partial charge on any atom is 0.434 e. The Labute approximate surface area is 158 Å². The molecule has 0 aliphatic rings. The van der Waals surface area contributed by atoms with Crippen molar-refractivity contribution in [1.82, 2.24) is 9.55 Å². The number of nitrogens with zero attached hydrogens (tertiary/aromatic N) is 2. The SMILES string of the molecule is CSc1ccc(-c2nc(C(F)(F)F)cn2-c2ccc(S(N)(=O)=O)cc2)cc1. The molecule has 3 aromatic rings. The fourth-order valence-electron chi connectivity index (χ4n) is 2.45. The summed E-state index contributed by atoms with van der Waals surface area (Å²) < 4.78 is 63.5. The van der Waals surface area contributed by atoms with Crippen molar-refractivity contribution >= 4 is 21.8 Å². The van der Waals surface area contributed by atoms with Crippen LogP contribution in [0.25, 0.3) is 17.1 Å². The monoisotopic (exact) mass is 413 g/mol. The van der Waals surface area contributed by atoms with Gasteiger partial charge in [-0.05, 0) is 42.7 Å². The van der Waals surface area contributed by atoms with Gasteiger partial charge in [-0.3, -0.25) is 4.57 Å². The molecule has 27 heavy (non-hydrogen) atoms. The lowest BCUT2D eigenvalue weighted by Gasteiger charge is -2.09. The van der Waals surface area contributed by atoms with Crippen LogP contribution in [0.1, 0.15) is 5.69 Å². The van der Waals surface area contributed by atoms with Crippen molar-refractivity contribution in [2.45, 2.75) is 16.0 Å². The summed E-state index contributed by atoms with van der Waals surface area (Å²) in [5.41, 5.74) is -0.213. The van der Waals surface area contributed by atoms with Crippen LogP contribution in [-0.4, -0.2) is 24.2 Å². The minimum absolute atomic E-state index is 0.0957. The summed E-state index contributed by atoms with van der Waals surface area (Å²) in [6.45, 7) is 0. The summed E-state index contributed by atoms with van der Waals surface area (Å²) in [6, 6.07) is 12.2. The lowest BCUT2D eigenvalue weighted by atomic mass is 10.2. The molecular formula is C17H14F3N3O2S2. The van der Waals surface area contributed by atoms with Gasteiger partial charge in [0.15, 0.2) is 5.69 Å². The van der Waals surface area contributed by atoms with E-state index in [1.165, 1.54) is 40.6 Å². The van der Waals surface area contributed by atoms with Crippen LogP contribution in [0.4, 0.5) is 13.2 Å². The van der Waals surface area contributed by atoms with Crippen molar-refractivity contribution < 1.29 is 21.6 Å². The normalized spacial score (nSPS) is 12.3. The molecule has 3 rings (SSSR count). The molecule has 10 heteroatoms. The maximum absolute atomic E-state index is 13.2. The highest BCUT2D eigenvalue weighted by Crippen LogP contribution is 2.33. The highest BCUT2D eigenvalue weighted by molar-refractivity contribution is 7.98. The summed E-state index contributed by atoms with van der Waals surface area (Å²) in [7, 11) is -3.90. The largest absolute Gasteiger partial charge is 0.434 e. The van der Waals surface area contributed by atoms with E-state index in [1.807, 2.05) is 6.26 Å². The van der Waals surface area contributed by atoms with Crippen molar-refractivity contribution in [2.24, 2.45) is 5.14 Å². The van der Waals surface area contributed by atoms with E-state index < -0.39 is 21.9 Å². The first-order valence-corrected chi connectivity index (χ1v) is 10.3. The van der Waals surface area contributed by atoms with E-state index in [1.54, 1.807) is 24.3 Å². The zero-order valence-corrected chi connectivity index (χ0v) is 15.6. The minimum Gasteiger partial charge on any atom is -0.299 e. The van der Waals surface area contributed by atoms with Gasteiger partial charge in [0.05, 0.1) is 4.90 Å². The number of alkyl halides is 3. The second kappa shape index (κ2) is 7.02. The molecule has 0 bridgehead atoms. The van der Waals surface area contributed by atoms with Gasteiger partial charge < -0.3 is 0 Å². The molecule has 142 valence electrons. The molecule has 0 amide bonds. The van der Waals surface area contributed by atoms with E-state index in [-0.39, 0.29) is 10.7 Å². The predicted octanol–water partition coefficient (Wildman–Crippen LogP) is 3.93. The summed E-state index contributed by atoms with van der Waals surface area (Å²) in [5, 5.41) is 5.06. The predicted molar refractivity (Wildman–Crippen MR) is 97.2 cm³/mol. The number of nitrogens with two attached hydrogens (primary N) is 1. The molecule has 1 aromatic heterocycles. The third kappa shape index (κ3) is 4.18. The Morgan fingerprint density at radius 1 is 1.04 bits per heavy atom. The first-order valence-electron chi connectivity index (χ1n) is 7.54. The molecule has 0 aliphatic heterocycles. The van der Waals surface area contributed by atoms with Gasteiger partial charge in [-0.25, -0.2) is 18.5 Å². The van der Waals surface area contributed by atoms with Crippen molar-refractivity contribution in [1.29, 1.82) is 0 Å². The van der Waals surface area contributed by atoms with Crippen molar-refractivity contribution in [3.8, 4) is 17.1 Å². The van der Waals surface area contributed by atoms with Crippen LogP contribution in [0.3, 0.4) is 0 Å². The van der Waals surface area contributed by atoms with Crippen LogP contribution in [0.2, 0.25) is 0 Å². The zero-order chi connectivity index (χ0) is 19.8. The molecule has 0 fully saturated rings. The Morgan fingerprint density at radius 3 is 2.11 bits per heavy atom. The standard InChI is InChI=1S/C17H14F3N3O2S2/c1-26-13-6-2-11(3-7-13)16-22-15(17(18,19)20)10-23(16)12-4-8-14(9-5-12)27(21,24)25/h2-10H,1H3,(H2,21,24,25). The van der Waals surface area contributed by atoms with Gasteiger partial charge in [0.2, 0.25) is 10.0 Å². The molecule has 2 N–H and O–H groups in total. The summed E-state index contributed by atoms with van der Waals surface area (Å²) >= 11 is 1.51. The molecule has 1 heterocycles. The first kappa shape index (κ1) is 19.5. The van der Waals surface area contributed by atoms with Crippen LogP contribution in [0, 0.1) is 0 Å². The van der Waals surface area contributed by atoms with E-state index in [4.69, 9.17) is 5.14 Å². The van der Waals surface area contributed by atoms with Gasteiger partial charge in [-0.15, -0.1) is 11.8 Å². The van der Waals surface area contributed by atoms with Crippen molar-refractivity contribution in [2.75, 3.05) is 6.26 Å². The third-order valence-corrected chi connectivity index (χ3v) is 5.46. The molecule has 0 saturated carbocycles. The molecule has 0 spiro atoms. The van der Waals surface area contributed by atoms with Crippen LogP contribution >= 0.6 is 11.8 Å². The summed E-state index contributed by atoms with van der Waals surface area (Å²) in [5.74, 6) is 0.0957. The highest BCUT2D eigenvalue weighted by atomic mass is 32.2. The van der Waals surface area contributed by atoms with Crippen LogP contribution in [0.5, 0.6) is 0 Å². The molecular weight excluding hydrogens is 399 g/mol. The smallest absolute Gasteiger partial charge is 0.299 e. The van der Waals surface area contributed by atoms with E-state index in [0.29, 0.717) is 11.3 Å². The maximum atomic E-state index is 13.2. The highest BCUT2D eigenvalue weighted by Gasteiger charge is 2.35. The number of primary sulfonamides is 1. The molecule has 0 radical (unpaired) electrons.